The first kappa shape index (κ1) is 16.2. The van der Waals surface area contributed by atoms with Crippen LogP contribution in [0.4, 0.5) is 0 Å². The normalized spacial score (nSPS) is 17.6. The van der Waals surface area contributed by atoms with Gasteiger partial charge in [0.1, 0.15) is 5.76 Å². The number of aryl methyl sites for hydroxylation is 2. The van der Waals surface area contributed by atoms with Gasteiger partial charge >= 0.3 is 0 Å². The second kappa shape index (κ2) is 7.27. The summed E-state index contributed by atoms with van der Waals surface area (Å²) >= 11 is 1.68. The first-order valence-electron chi connectivity index (χ1n) is 7.97. The number of aromatic nitrogens is 1. The van der Waals surface area contributed by atoms with Gasteiger partial charge in [0, 0.05) is 23.6 Å². The van der Waals surface area contributed by atoms with Crippen LogP contribution in [0.1, 0.15) is 34.7 Å². The molecule has 3 rings (SSSR count). The molecule has 0 bridgehead atoms. The number of nitrogens with zero attached hydrogens (tertiary/aromatic N) is 2. The van der Waals surface area contributed by atoms with Crippen LogP contribution in [0.25, 0.3) is 0 Å². The van der Waals surface area contributed by atoms with Crippen molar-refractivity contribution in [1.82, 2.24) is 10.1 Å². The molecule has 0 N–H and O–H groups in total. The summed E-state index contributed by atoms with van der Waals surface area (Å²) in [5, 5.41) is 5.98. The quantitative estimate of drug-likeness (QED) is 0.814. The van der Waals surface area contributed by atoms with Crippen LogP contribution in [0, 0.1) is 13.8 Å². The summed E-state index contributed by atoms with van der Waals surface area (Å²) in [5.74, 6) is 0.826. The summed E-state index contributed by atoms with van der Waals surface area (Å²) in [6.07, 6.45) is 2.59. The van der Waals surface area contributed by atoms with Crippen molar-refractivity contribution in [2.24, 2.45) is 0 Å². The molecule has 3 heterocycles. The summed E-state index contributed by atoms with van der Waals surface area (Å²) in [7, 11) is 0. The minimum atomic E-state index is 0.100. The van der Waals surface area contributed by atoms with Gasteiger partial charge in [-0.05, 0) is 38.1 Å². The Kier molecular flexibility index (Phi) is 5.13. The van der Waals surface area contributed by atoms with Crippen LogP contribution in [0.3, 0.4) is 0 Å². The second-order valence-corrected chi connectivity index (χ2v) is 7.00. The van der Waals surface area contributed by atoms with Gasteiger partial charge in [0.25, 0.3) is 0 Å². The average Bonchev–Trinajstić information content (AvgIpc) is 3.26. The third-order valence-corrected chi connectivity index (χ3v) is 5.10. The number of amides is 1. The highest BCUT2D eigenvalue weighted by Gasteiger charge is 2.24. The maximum atomic E-state index is 12.8. The maximum absolute atomic E-state index is 12.8. The molecule has 2 aromatic rings. The minimum absolute atomic E-state index is 0.100. The largest absolute Gasteiger partial charge is 0.376 e. The van der Waals surface area contributed by atoms with Crippen LogP contribution >= 0.6 is 11.3 Å². The SMILES string of the molecule is Cc1noc(C)c1CC(=O)N(Cc1cccs1)CC1CCCO1. The van der Waals surface area contributed by atoms with Crippen LogP contribution in [0.15, 0.2) is 22.0 Å². The molecule has 1 fully saturated rings. The molecule has 1 amide bonds. The molecular weight excluding hydrogens is 312 g/mol. The maximum Gasteiger partial charge on any atom is 0.227 e. The van der Waals surface area contributed by atoms with Gasteiger partial charge in [-0.15, -0.1) is 11.3 Å². The van der Waals surface area contributed by atoms with E-state index in [9.17, 15) is 4.79 Å². The van der Waals surface area contributed by atoms with E-state index in [-0.39, 0.29) is 12.0 Å². The Labute approximate surface area is 140 Å². The molecule has 23 heavy (non-hydrogen) atoms. The van der Waals surface area contributed by atoms with E-state index in [0.717, 1.165) is 36.5 Å². The van der Waals surface area contributed by atoms with E-state index < -0.39 is 0 Å². The highest BCUT2D eigenvalue weighted by Crippen LogP contribution is 2.20. The lowest BCUT2D eigenvalue weighted by Gasteiger charge is -2.25. The van der Waals surface area contributed by atoms with Crippen LogP contribution in [-0.4, -0.2) is 35.2 Å². The van der Waals surface area contributed by atoms with Crippen LogP contribution in [0.5, 0.6) is 0 Å². The van der Waals surface area contributed by atoms with E-state index in [4.69, 9.17) is 9.26 Å². The molecule has 1 aliphatic rings. The monoisotopic (exact) mass is 334 g/mol. The predicted octanol–water partition coefficient (Wildman–Crippen LogP) is 3.10. The van der Waals surface area contributed by atoms with Gasteiger partial charge in [-0.3, -0.25) is 4.79 Å². The molecule has 124 valence electrons. The van der Waals surface area contributed by atoms with Crippen molar-refractivity contribution in [3.63, 3.8) is 0 Å². The molecule has 6 heteroatoms. The second-order valence-electron chi connectivity index (χ2n) is 5.97. The number of carbonyl (C=O) groups excluding carboxylic acids is 1. The van der Waals surface area contributed by atoms with Gasteiger partial charge in [-0.25, -0.2) is 0 Å². The van der Waals surface area contributed by atoms with E-state index >= 15 is 0 Å². The summed E-state index contributed by atoms with van der Waals surface area (Å²) in [5.41, 5.74) is 1.70. The molecular formula is C17H22N2O3S. The number of hydrogen-bond donors (Lipinski definition) is 0. The highest BCUT2D eigenvalue weighted by molar-refractivity contribution is 7.09. The van der Waals surface area contributed by atoms with Gasteiger partial charge < -0.3 is 14.2 Å². The lowest BCUT2D eigenvalue weighted by Crippen LogP contribution is -2.37. The molecule has 0 aromatic carbocycles. The Balaban J connectivity index is 1.71. The van der Waals surface area contributed by atoms with Crippen LogP contribution < -0.4 is 0 Å². The Bertz CT molecular complexity index is 625. The Morgan fingerprint density at radius 2 is 2.35 bits per heavy atom. The molecule has 1 aliphatic heterocycles. The zero-order chi connectivity index (χ0) is 16.2. The first-order valence-corrected chi connectivity index (χ1v) is 8.85. The van der Waals surface area contributed by atoms with E-state index in [2.05, 4.69) is 11.2 Å². The van der Waals surface area contributed by atoms with Gasteiger partial charge in [0.2, 0.25) is 5.91 Å². The number of thiophene rings is 1. The number of rotatable bonds is 6. The fraction of sp³-hybridized carbons (Fsp3) is 0.529. The predicted molar refractivity (Wildman–Crippen MR) is 88.4 cm³/mol. The highest BCUT2D eigenvalue weighted by atomic mass is 32.1. The van der Waals surface area contributed by atoms with Crippen molar-refractivity contribution in [2.45, 2.75) is 45.8 Å². The van der Waals surface area contributed by atoms with Crippen molar-refractivity contribution in [3.05, 3.63) is 39.4 Å². The summed E-state index contributed by atoms with van der Waals surface area (Å²) in [4.78, 5) is 15.9. The van der Waals surface area contributed by atoms with Crippen LogP contribution in [0.2, 0.25) is 0 Å². The van der Waals surface area contributed by atoms with E-state index in [1.165, 1.54) is 4.88 Å². The molecule has 0 spiro atoms. The Hall–Kier alpha value is -1.66. The molecule has 0 radical (unpaired) electrons. The first-order chi connectivity index (χ1) is 11.1. The molecule has 1 atom stereocenters. The van der Waals surface area contributed by atoms with E-state index in [1.54, 1.807) is 11.3 Å². The summed E-state index contributed by atoms with van der Waals surface area (Å²) in [6, 6.07) is 4.08. The summed E-state index contributed by atoms with van der Waals surface area (Å²) in [6.45, 7) is 5.82. The third-order valence-electron chi connectivity index (χ3n) is 4.24. The summed E-state index contributed by atoms with van der Waals surface area (Å²) < 4.78 is 10.9. The van der Waals surface area contributed by atoms with Crippen molar-refractivity contribution >= 4 is 17.2 Å². The van der Waals surface area contributed by atoms with Crippen molar-refractivity contribution < 1.29 is 14.1 Å². The fourth-order valence-corrected chi connectivity index (χ4v) is 3.62. The third kappa shape index (κ3) is 4.00. The lowest BCUT2D eigenvalue weighted by atomic mass is 10.1. The lowest BCUT2D eigenvalue weighted by molar-refractivity contribution is -0.132. The standard InChI is InChI=1S/C17H22N2O3S/c1-12-16(13(2)22-18-12)9-17(20)19(10-14-5-3-7-21-14)11-15-6-4-8-23-15/h4,6,8,14H,3,5,7,9-11H2,1-2H3. The van der Waals surface area contributed by atoms with Crippen molar-refractivity contribution in [3.8, 4) is 0 Å². The number of hydrogen-bond acceptors (Lipinski definition) is 5. The average molecular weight is 334 g/mol. The number of carbonyl (C=O) groups is 1. The molecule has 0 aliphatic carbocycles. The molecule has 5 nitrogen and oxygen atoms in total. The van der Waals surface area contributed by atoms with Gasteiger partial charge in [0.05, 0.1) is 24.8 Å². The molecule has 1 saturated heterocycles. The molecule has 0 saturated carbocycles. The molecule has 1 unspecified atom stereocenters. The van der Waals surface area contributed by atoms with Crippen molar-refractivity contribution in [1.29, 1.82) is 0 Å². The smallest absolute Gasteiger partial charge is 0.227 e. The van der Waals surface area contributed by atoms with E-state index in [1.807, 2.05) is 30.2 Å². The zero-order valence-corrected chi connectivity index (χ0v) is 14.4. The molecule has 2 aromatic heterocycles. The van der Waals surface area contributed by atoms with E-state index in [0.29, 0.717) is 19.5 Å². The number of ether oxygens (including phenoxy) is 1. The Morgan fingerprint density at radius 1 is 1.48 bits per heavy atom. The van der Waals surface area contributed by atoms with Gasteiger partial charge in [-0.2, -0.15) is 0 Å². The minimum Gasteiger partial charge on any atom is -0.376 e. The zero-order valence-electron chi connectivity index (χ0n) is 13.6. The van der Waals surface area contributed by atoms with Crippen LogP contribution in [-0.2, 0) is 22.5 Å². The Morgan fingerprint density at radius 3 is 2.96 bits per heavy atom. The fourth-order valence-electron chi connectivity index (χ4n) is 2.90. The topological polar surface area (TPSA) is 55.6 Å². The van der Waals surface area contributed by atoms with Crippen molar-refractivity contribution in [2.75, 3.05) is 13.2 Å². The van der Waals surface area contributed by atoms with Gasteiger partial charge in [-0.1, -0.05) is 11.2 Å². The van der Waals surface area contributed by atoms with Gasteiger partial charge in [0.15, 0.2) is 0 Å².